The van der Waals surface area contributed by atoms with Crippen LogP contribution in [0.15, 0.2) is 34.3 Å². The first-order chi connectivity index (χ1) is 9.04. The van der Waals surface area contributed by atoms with Gasteiger partial charge in [0.05, 0.1) is 5.69 Å². The Bertz CT molecular complexity index is 558. The average molecular weight is 294 g/mol. The van der Waals surface area contributed by atoms with Crippen LogP contribution in [0.2, 0.25) is 0 Å². The van der Waals surface area contributed by atoms with Gasteiger partial charge in [-0.1, -0.05) is 12.1 Å². The number of thioether (sulfide) groups is 1. The number of amidine groups is 1. The van der Waals surface area contributed by atoms with Crippen LogP contribution in [0.25, 0.3) is 0 Å². The lowest BCUT2D eigenvalue weighted by Crippen LogP contribution is -2.30. The lowest BCUT2D eigenvalue weighted by atomic mass is 10.3. The fourth-order valence-corrected chi connectivity index (χ4v) is 2.85. The first kappa shape index (κ1) is 14.0. The number of carbonyl (C=O) groups is 1. The van der Waals surface area contributed by atoms with E-state index < -0.39 is 0 Å². The molecule has 19 heavy (non-hydrogen) atoms. The van der Waals surface area contributed by atoms with Gasteiger partial charge in [-0.2, -0.15) is 5.10 Å². The second kappa shape index (κ2) is 5.66. The first-order valence-corrected chi connectivity index (χ1v) is 6.99. The molecule has 1 aromatic carbocycles. The molecule has 0 spiro atoms. The molecular formula is C12H14N4OS2. The number of nitrogens with zero attached hydrogens (tertiary/aromatic N) is 3. The molecule has 1 saturated heterocycles. The quantitative estimate of drug-likeness (QED) is 0.664. The molecule has 1 aliphatic heterocycles. The maximum Gasteiger partial charge on any atom is 0.287 e. The van der Waals surface area contributed by atoms with Gasteiger partial charge in [0, 0.05) is 18.5 Å². The molecule has 1 amide bonds. The van der Waals surface area contributed by atoms with Crippen LogP contribution in [0.4, 0.5) is 5.69 Å². The summed E-state index contributed by atoms with van der Waals surface area (Å²) in [5.74, 6) is -0.221. The Labute approximate surface area is 121 Å². The number of benzene rings is 1. The number of anilines is 1. The highest BCUT2D eigenvalue weighted by molar-refractivity contribution is 8.28. The SMILES string of the molecule is CCN1C(=N)S/C(=N/N(C)c2ccccc2S)C1=O. The smallest absolute Gasteiger partial charge is 0.286 e. The van der Waals surface area contributed by atoms with Crippen molar-refractivity contribution in [3.63, 3.8) is 0 Å². The Morgan fingerprint density at radius 2 is 2.16 bits per heavy atom. The zero-order valence-corrected chi connectivity index (χ0v) is 12.3. The molecule has 1 aliphatic rings. The summed E-state index contributed by atoms with van der Waals surface area (Å²) in [5.41, 5.74) is 0.813. The van der Waals surface area contributed by atoms with Crippen LogP contribution in [0.1, 0.15) is 6.92 Å². The van der Waals surface area contributed by atoms with E-state index in [1.807, 2.05) is 31.2 Å². The number of carbonyl (C=O) groups excluding carboxylic acids is 1. The molecule has 1 aromatic rings. The third kappa shape index (κ3) is 2.76. The van der Waals surface area contributed by atoms with Crippen molar-refractivity contribution in [2.45, 2.75) is 11.8 Å². The molecule has 0 atom stereocenters. The van der Waals surface area contributed by atoms with Crippen molar-refractivity contribution in [2.75, 3.05) is 18.6 Å². The van der Waals surface area contributed by atoms with Crippen LogP contribution in [0.3, 0.4) is 0 Å². The number of hydrogen-bond acceptors (Lipinski definition) is 6. The van der Waals surface area contributed by atoms with E-state index in [-0.39, 0.29) is 11.1 Å². The second-order valence-electron chi connectivity index (χ2n) is 3.87. The molecule has 1 N–H and O–H groups in total. The van der Waals surface area contributed by atoms with Crippen molar-refractivity contribution in [1.82, 2.24) is 4.90 Å². The van der Waals surface area contributed by atoms with Crippen LogP contribution in [0.5, 0.6) is 0 Å². The van der Waals surface area contributed by atoms with Gasteiger partial charge in [-0.15, -0.1) is 12.6 Å². The van der Waals surface area contributed by atoms with Gasteiger partial charge in [-0.3, -0.25) is 20.1 Å². The highest BCUT2D eigenvalue weighted by Gasteiger charge is 2.33. The molecule has 0 unspecified atom stereocenters. The third-order valence-electron chi connectivity index (χ3n) is 2.65. The Balaban J connectivity index is 2.25. The summed E-state index contributed by atoms with van der Waals surface area (Å²) in [6.45, 7) is 2.32. The predicted molar refractivity (Wildman–Crippen MR) is 82.2 cm³/mol. The Hall–Kier alpha value is -1.47. The van der Waals surface area contributed by atoms with E-state index in [1.165, 1.54) is 4.90 Å². The van der Waals surface area contributed by atoms with Crippen molar-refractivity contribution in [1.29, 1.82) is 5.41 Å². The van der Waals surface area contributed by atoms with Gasteiger partial charge in [0.25, 0.3) is 5.91 Å². The van der Waals surface area contributed by atoms with E-state index in [4.69, 9.17) is 5.41 Å². The summed E-state index contributed by atoms with van der Waals surface area (Å²) in [6, 6.07) is 7.51. The van der Waals surface area contributed by atoms with Gasteiger partial charge >= 0.3 is 0 Å². The Kier molecular flexibility index (Phi) is 4.16. The van der Waals surface area contributed by atoms with Gasteiger partial charge in [-0.25, -0.2) is 0 Å². The zero-order chi connectivity index (χ0) is 14.0. The summed E-state index contributed by atoms with van der Waals surface area (Å²) in [6.07, 6.45) is 0. The first-order valence-electron chi connectivity index (χ1n) is 5.73. The van der Waals surface area contributed by atoms with Crippen molar-refractivity contribution < 1.29 is 4.79 Å². The molecule has 0 aromatic heterocycles. The van der Waals surface area contributed by atoms with Gasteiger partial charge in [0.2, 0.25) is 0 Å². The number of nitrogens with one attached hydrogen (secondary N) is 1. The Morgan fingerprint density at radius 1 is 1.47 bits per heavy atom. The number of para-hydroxylation sites is 1. The monoisotopic (exact) mass is 294 g/mol. The van der Waals surface area contributed by atoms with Crippen LogP contribution < -0.4 is 5.01 Å². The summed E-state index contributed by atoms with van der Waals surface area (Å²) < 4.78 is 0. The summed E-state index contributed by atoms with van der Waals surface area (Å²) >= 11 is 5.43. The summed E-state index contributed by atoms with van der Waals surface area (Å²) in [5, 5.41) is 14.1. The van der Waals surface area contributed by atoms with Crippen LogP contribution >= 0.6 is 24.4 Å². The molecule has 0 radical (unpaired) electrons. The third-order valence-corrected chi connectivity index (χ3v) is 3.90. The van der Waals surface area contributed by atoms with Crippen molar-refractivity contribution in [3.05, 3.63) is 24.3 Å². The predicted octanol–water partition coefficient (Wildman–Crippen LogP) is 2.26. The van der Waals surface area contributed by atoms with Crippen LogP contribution in [0, 0.1) is 5.41 Å². The molecule has 100 valence electrons. The minimum absolute atomic E-state index is 0.221. The molecule has 2 rings (SSSR count). The van der Waals surface area contributed by atoms with Crippen molar-refractivity contribution in [3.8, 4) is 0 Å². The highest BCUT2D eigenvalue weighted by Crippen LogP contribution is 2.26. The number of hydrogen-bond donors (Lipinski definition) is 2. The second-order valence-corrected chi connectivity index (χ2v) is 5.33. The standard InChI is InChI=1S/C12H14N4OS2/c1-3-16-11(17)10(19-12(16)13)14-15(2)8-6-4-5-7-9(8)18/h4-7,13,18H,3H2,1-2H3/b13-12?,14-10+. The van der Waals surface area contributed by atoms with Crippen molar-refractivity contribution >= 4 is 46.2 Å². The molecule has 7 heteroatoms. The van der Waals surface area contributed by atoms with Crippen LogP contribution in [-0.4, -0.2) is 34.6 Å². The normalized spacial score (nSPS) is 17.4. The topological polar surface area (TPSA) is 59.8 Å². The maximum absolute atomic E-state index is 12.0. The van der Waals surface area contributed by atoms with E-state index >= 15 is 0 Å². The van der Waals surface area contributed by atoms with E-state index in [9.17, 15) is 4.79 Å². The largest absolute Gasteiger partial charge is 0.287 e. The molecule has 5 nitrogen and oxygen atoms in total. The van der Waals surface area contributed by atoms with Gasteiger partial charge in [0.15, 0.2) is 10.2 Å². The Morgan fingerprint density at radius 3 is 2.74 bits per heavy atom. The number of amides is 1. The average Bonchev–Trinajstić information content (AvgIpc) is 2.64. The molecule has 0 saturated carbocycles. The van der Waals surface area contributed by atoms with E-state index in [1.54, 1.807) is 12.1 Å². The zero-order valence-electron chi connectivity index (χ0n) is 10.6. The molecular weight excluding hydrogens is 280 g/mol. The fourth-order valence-electron chi connectivity index (χ4n) is 1.68. The highest BCUT2D eigenvalue weighted by atomic mass is 32.2. The van der Waals surface area contributed by atoms with Gasteiger partial charge < -0.3 is 0 Å². The van der Waals surface area contributed by atoms with Crippen LogP contribution in [-0.2, 0) is 4.79 Å². The minimum Gasteiger partial charge on any atom is -0.286 e. The lowest BCUT2D eigenvalue weighted by Gasteiger charge is -2.15. The number of thiol groups is 1. The molecule has 1 fully saturated rings. The lowest BCUT2D eigenvalue weighted by molar-refractivity contribution is -0.119. The summed E-state index contributed by atoms with van der Waals surface area (Å²) in [7, 11) is 1.76. The maximum atomic E-state index is 12.0. The minimum atomic E-state index is -0.221. The molecule has 1 heterocycles. The molecule has 0 bridgehead atoms. The van der Waals surface area contributed by atoms with Crippen molar-refractivity contribution in [2.24, 2.45) is 5.10 Å². The number of rotatable bonds is 3. The van der Waals surface area contributed by atoms with E-state index in [2.05, 4.69) is 17.7 Å². The fraction of sp³-hybridized carbons (Fsp3) is 0.250. The van der Waals surface area contributed by atoms with Gasteiger partial charge in [0.1, 0.15) is 0 Å². The van der Waals surface area contributed by atoms with Gasteiger partial charge in [-0.05, 0) is 30.8 Å². The number of hydrazone groups is 1. The van der Waals surface area contributed by atoms with E-state index in [0.29, 0.717) is 11.6 Å². The van der Waals surface area contributed by atoms with E-state index in [0.717, 1.165) is 22.3 Å². The molecule has 0 aliphatic carbocycles. The summed E-state index contributed by atoms with van der Waals surface area (Å²) in [4.78, 5) is 14.2.